The first kappa shape index (κ1) is 17.0. The fourth-order valence-corrected chi connectivity index (χ4v) is 1.47. The monoisotopic (exact) mass is 295 g/mol. The van der Waals surface area contributed by atoms with Crippen LogP contribution in [0.3, 0.4) is 0 Å². The molecule has 1 atom stereocenters. The fraction of sp³-hybridized carbons (Fsp3) is 0.467. The van der Waals surface area contributed by atoms with Crippen LogP contribution in [0.2, 0.25) is 0 Å². The lowest BCUT2D eigenvalue weighted by Crippen LogP contribution is -2.45. The average Bonchev–Trinajstić information content (AvgIpc) is 3.13. The predicted molar refractivity (Wildman–Crippen MR) is 77.1 cm³/mol. The Hall–Kier alpha value is -2.08. The first-order valence-electron chi connectivity index (χ1n) is 6.63. The topological polar surface area (TPSA) is 95.9 Å². The number of carboxylic acids is 1. The zero-order valence-electron chi connectivity index (χ0n) is 12.4. The highest BCUT2D eigenvalue weighted by atomic mass is 16.6. The summed E-state index contributed by atoms with van der Waals surface area (Å²) in [7, 11) is 0. The van der Waals surface area contributed by atoms with Gasteiger partial charge in [-0.1, -0.05) is 24.3 Å². The molecule has 0 aromatic heterocycles. The third kappa shape index (κ3) is 6.76. The highest BCUT2D eigenvalue weighted by Crippen LogP contribution is 2.25. The van der Waals surface area contributed by atoms with Gasteiger partial charge in [-0.2, -0.15) is 0 Å². The summed E-state index contributed by atoms with van der Waals surface area (Å²) in [4.78, 5) is 21.4. The molecule has 1 unspecified atom stereocenters. The van der Waals surface area contributed by atoms with Crippen LogP contribution in [0.25, 0.3) is 0 Å². The Balaban J connectivity index is 0.000000255. The molecule has 3 N–H and O–H groups in total. The van der Waals surface area contributed by atoms with Gasteiger partial charge in [0, 0.05) is 0 Å². The van der Waals surface area contributed by atoms with Crippen LogP contribution in [0.5, 0.6) is 0 Å². The Morgan fingerprint density at radius 1 is 1.29 bits per heavy atom. The molecular weight excluding hydrogens is 274 g/mol. The number of hydrogen-bond donors (Lipinski definition) is 3. The van der Waals surface area contributed by atoms with E-state index in [0.717, 1.165) is 0 Å². The summed E-state index contributed by atoms with van der Waals surface area (Å²) in [5.41, 5.74) is 2.37. The van der Waals surface area contributed by atoms with E-state index >= 15 is 0 Å². The molecule has 0 radical (unpaired) electrons. The van der Waals surface area contributed by atoms with E-state index in [1.807, 2.05) is 5.32 Å². The number of aliphatic hydroxyl groups excluding tert-OH is 1. The Kier molecular flexibility index (Phi) is 5.72. The lowest BCUT2D eigenvalue weighted by Gasteiger charge is -2.21. The number of hydrogen-bond acceptors (Lipinski definition) is 4. The van der Waals surface area contributed by atoms with Gasteiger partial charge in [0.15, 0.2) is 6.04 Å². The maximum absolute atomic E-state index is 11.0. The van der Waals surface area contributed by atoms with Gasteiger partial charge in [0.25, 0.3) is 0 Å². The summed E-state index contributed by atoms with van der Waals surface area (Å²) in [6.45, 7) is 4.29. The minimum atomic E-state index is -1.33. The van der Waals surface area contributed by atoms with Gasteiger partial charge in [0.05, 0.1) is 6.61 Å². The second-order valence-corrected chi connectivity index (χ2v) is 5.67. The van der Waals surface area contributed by atoms with Crippen LogP contribution in [0.15, 0.2) is 24.3 Å². The van der Waals surface area contributed by atoms with E-state index in [0.29, 0.717) is 0 Å². The van der Waals surface area contributed by atoms with Crippen LogP contribution in [0, 0.1) is 0 Å². The zero-order valence-corrected chi connectivity index (χ0v) is 12.4. The number of rotatable bonds is 3. The third-order valence-electron chi connectivity index (χ3n) is 2.55. The Labute approximate surface area is 123 Å². The lowest BCUT2D eigenvalue weighted by atomic mass is 10.2. The van der Waals surface area contributed by atoms with E-state index in [9.17, 15) is 9.59 Å². The molecule has 1 amide bonds. The molecule has 1 aliphatic carbocycles. The van der Waals surface area contributed by atoms with Gasteiger partial charge in [-0.25, -0.2) is 9.59 Å². The molecule has 0 heterocycles. The molecule has 0 saturated heterocycles. The van der Waals surface area contributed by atoms with Crippen LogP contribution < -0.4 is 5.32 Å². The molecule has 0 saturated carbocycles. The van der Waals surface area contributed by atoms with Crippen molar-refractivity contribution in [1.29, 1.82) is 0 Å². The SMILES string of the molecule is CC(C)(C)OC(=O)NC(CO)C(=O)O.c1ccc2c(c1)C2. The number of aliphatic hydroxyl groups is 1. The number of benzene rings is 1. The molecule has 0 aliphatic heterocycles. The average molecular weight is 295 g/mol. The summed E-state index contributed by atoms with van der Waals surface area (Å²) >= 11 is 0. The van der Waals surface area contributed by atoms with Crippen LogP contribution in [-0.4, -0.2) is 40.5 Å². The first-order chi connectivity index (χ1) is 9.73. The maximum Gasteiger partial charge on any atom is 0.408 e. The van der Waals surface area contributed by atoms with Crippen LogP contribution >= 0.6 is 0 Å². The quantitative estimate of drug-likeness (QED) is 0.798. The van der Waals surface area contributed by atoms with Gasteiger partial charge in [-0.3, -0.25) is 0 Å². The van der Waals surface area contributed by atoms with Crippen LogP contribution in [0.1, 0.15) is 31.9 Å². The van der Waals surface area contributed by atoms with Crippen LogP contribution in [-0.2, 0) is 16.0 Å². The summed E-state index contributed by atoms with van der Waals surface area (Å²) in [6.07, 6.45) is 0.381. The maximum atomic E-state index is 11.0. The summed E-state index contributed by atoms with van der Waals surface area (Å²) in [6, 6.07) is 7.20. The van der Waals surface area contributed by atoms with E-state index in [-0.39, 0.29) is 0 Å². The van der Waals surface area contributed by atoms with Crippen molar-refractivity contribution in [2.75, 3.05) is 6.61 Å². The van der Waals surface area contributed by atoms with E-state index in [1.54, 1.807) is 20.8 Å². The molecular formula is C15H21NO5. The number of alkyl carbamates (subject to hydrolysis) is 1. The van der Waals surface area contributed by atoms with Gasteiger partial charge < -0.3 is 20.3 Å². The number of carbonyl (C=O) groups excluding carboxylic acids is 1. The van der Waals surface area contributed by atoms with Gasteiger partial charge in [-0.05, 0) is 38.3 Å². The number of amides is 1. The van der Waals surface area contributed by atoms with E-state index in [4.69, 9.17) is 14.9 Å². The van der Waals surface area contributed by atoms with Crippen molar-refractivity contribution in [2.24, 2.45) is 0 Å². The van der Waals surface area contributed by atoms with E-state index < -0.39 is 30.3 Å². The second kappa shape index (κ2) is 7.08. The molecule has 116 valence electrons. The van der Waals surface area contributed by atoms with E-state index in [1.165, 1.54) is 17.5 Å². The Morgan fingerprint density at radius 3 is 2.14 bits per heavy atom. The molecule has 1 aliphatic rings. The highest BCUT2D eigenvalue weighted by Gasteiger charge is 2.22. The normalized spacial score (nSPS) is 13.1. The largest absolute Gasteiger partial charge is 0.480 e. The standard InChI is InChI=1S/C8H15NO5.C7H6/c1-8(2,3)14-7(13)9-5(4-10)6(11)12;1-2-4-7-5-6(7)3-1/h5,10H,4H2,1-3H3,(H,9,13)(H,11,12);1-4H,5H2. The number of aliphatic carboxylic acids is 1. The highest BCUT2D eigenvalue weighted by molar-refractivity contribution is 5.80. The fourth-order valence-electron chi connectivity index (χ4n) is 1.47. The van der Waals surface area contributed by atoms with E-state index in [2.05, 4.69) is 24.3 Å². The number of ether oxygens (including phenoxy) is 1. The van der Waals surface area contributed by atoms with Crippen molar-refractivity contribution < 1.29 is 24.5 Å². The van der Waals surface area contributed by atoms with Crippen molar-refractivity contribution in [2.45, 2.75) is 38.8 Å². The minimum absolute atomic E-state index is 0.672. The molecule has 0 spiro atoms. The van der Waals surface area contributed by atoms with Gasteiger partial charge in [-0.15, -0.1) is 0 Å². The predicted octanol–water partition coefficient (Wildman–Crippen LogP) is 1.55. The summed E-state index contributed by atoms with van der Waals surface area (Å²) in [5.74, 6) is -1.31. The number of carboxylic acid groups (broad SMARTS) is 1. The summed E-state index contributed by atoms with van der Waals surface area (Å²) in [5, 5.41) is 19.1. The number of carbonyl (C=O) groups is 2. The smallest absolute Gasteiger partial charge is 0.408 e. The molecule has 21 heavy (non-hydrogen) atoms. The van der Waals surface area contributed by atoms with Crippen molar-refractivity contribution >= 4 is 12.1 Å². The van der Waals surface area contributed by atoms with Crippen molar-refractivity contribution in [1.82, 2.24) is 5.32 Å². The molecule has 0 fully saturated rings. The van der Waals surface area contributed by atoms with Crippen molar-refractivity contribution in [3.8, 4) is 0 Å². The molecule has 2 rings (SSSR count). The van der Waals surface area contributed by atoms with Gasteiger partial charge in [0.1, 0.15) is 5.60 Å². The minimum Gasteiger partial charge on any atom is -0.480 e. The first-order valence-corrected chi connectivity index (χ1v) is 6.63. The second-order valence-electron chi connectivity index (χ2n) is 5.67. The Morgan fingerprint density at radius 2 is 1.81 bits per heavy atom. The Bertz CT molecular complexity index is 486. The van der Waals surface area contributed by atoms with Crippen LogP contribution in [0.4, 0.5) is 4.79 Å². The van der Waals surface area contributed by atoms with Crippen molar-refractivity contribution in [3.63, 3.8) is 0 Å². The lowest BCUT2D eigenvalue weighted by molar-refractivity contribution is -0.140. The molecule has 1 aromatic carbocycles. The third-order valence-corrected chi connectivity index (χ3v) is 2.55. The molecule has 1 aromatic rings. The van der Waals surface area contributed by atoms with Gasteiger partial charge in [0.2, 0.25) is 0 Å². The van der Waals surface area contributed by atoms with Gasteiger partial charge >= 0.3 is 12.1 Å². The summed E-state index contributed by atoms with van der Waals surface area (Å²) < 4.78 is 4.80. The number of fused-ring (bicyclic) bond motifs is 1. The number of nitrogens with one attached hydrogen (secondary N) is 1. The molecule has 6 nitrogen and oxygen atoms in total. The van der Waals surface area contributed by atoms with Crippen molar-refractivity contribution in [3.05, 3.63) is 35.4 Å². The molecule has 6 heteroatoms. The molecule has 0 bridgehead atoms. The zero-order chi connectivity index (χ0) is 16.0.